The van der Waals surface area contributed by atoms with Gasteiger partial charge in [-0.15, -0.1) is 0 Å². The summed E-state index contributed by atoms with van der Waals surface area (Å²) in [4.78, 5) is 0. The lowest BCUT2D eigenvalue weighted by Gasteiger charge is -2.57. The molecule has 4 fully saturated rings. The Kier molecular flexibility index (Phi) is 2.32. The second-order valence-corrected chi connectivity index (χ2v) is 6.87. The van der Waals surface area contributed by atoms with Crippen LogP contribution in [-0.4, -0.2) is 12.6 Å². The molecule has 0 bridgehead atoms. The Morgan fingerprint density at radius 1 is 0.625 bits per heavy atom. The fraction of sp³-hybridized carbons (Fsp3) is 1.00. The second-order valence-electron chi connectivity index (χ2n) is 6.87. The highest BCUT2D eigenvalue weighted by Crippen LogP contribution is 2.55. The predicted molar refractivity (Wildman–Crippen MR) is 66.2 cm³/mol. The van der Waals surface area contributed by atoms with Gasteiger partial charge < -0.3 is 5.32 Å². The van der Waals surface area contributed by atoms with Crippen molar-refractivity contribution < 1.29 is 0 Å². The normalized spacial score (nSPS) is 55.5. The number of hydrogen-bond acceptors (Lipinski definition) is 1. The van der Waals surface area contributed by atoms with E-state index in [-0.39, 0.29) is 0 Å². The van der Waals surface area contributed by atoms with Crippen molar-refractivity contribution in [1.29, 1.82) is 0 Å². The van der Waals surface area contributed by atoms with Crippen molar-refractivity contribution >= 4 is 0 Å². The van der Waals surface area contributed by atoms with Gasteiger partial charge in [0.05, 0.1) is 0 Å². The first-order chi connectivity index (χ1) is 7.93. The molecule has 4 rings (SSSR count). The van der Waals surface area contributed by atoms with Gasteiger partial charge in [0, 0.05) is 6.04 Å². The van der Waals surface area contributed by atoms with Crippen LogP contribution in [0.4, 0.5) is 0 Å². The Hall–Kier alpha value is -0.0400. The van der Waals surface area contributed by atoms with E-state index in [1.165, 1.54) is 19.4 Å². The Morgan fingerprint density at radius 3 is 2.12 bits per heavy atom. The van der Waals surface area contributed by atoms with Crippen molar-refractivity contribution in [3.05, 3.63) is 0 Å². The van der Waals surface area contributed by atoms with Crippen molar-refractivity contribution in [2.45, 2.75) is 57.4 Å². The fourth-order valence-corrected chi connectivity index (χ4v) is 5.86. The van der Waals surface area contributed by atoms with E-state index in [1.807, 2.05) is 0 Å². The molecule has 0 aromatic carbocycles. The molecule has 1 nitrogen and oxygen atoms in total. The van der Waals surface area contributed by atoms with Crippen molar-refractivity contribution in [2.75, 3.05) is 6.54 Å². The van der Waals surface area contributed by atoms with E-state index < -0.39 is 0 Å². The molecule has 0 aromatic heterocycles. The molecule has 0 amide bonds. The third-order valence-electron chi connectivity index (χ3n) is 6.37. The molecule has 3 saturated carbocycles. The van der Waals surface area contributed by atoms with Gasteiger partial charge in [0.2, 0.25) is 0 Å². The summed E-state index contributed by atoms with van der Waals surface area (Å²) in [6.45, 7) is 1.31. The predicted octanol–water partition coefficient (Wildman–Crippen LogP) is 3.20. The van der Waals surface area contributed by atoms with Gasteiger partial charge in [0.15, 0.2) is 0 Å². The van der Waals surface area contributed by atoms with E-state index in [9.17, 15) is 0 Å². The van der Waals surface area contributed by atoms with Gasteiger partial charge in [-0.2, -0.15) is 0 Å². The lowest BCUT2D eigenvalue weighted by Crippen LogP contribution is -2.57. The molecule has 6 atom stereocenters. The van der Waals surface area contributed by atoms with Crippen LogP contribution in [0.2, 0.25) is 0 Å². The summed E-state index contributed by atoms with van der Waals surface area (Å²) in [6, 6.07) is 0.917. The van der Waals surface area contributed by atoms with Gasteiger partial charge in [-0.3, -0.25) is 0 Å². The highest BCUT2D eigenvalue weighted by Gasteiger charge is 2.50. The van der Waals surface area contributed by atoms with E-state index in [2.05, 4.69) is 5.32 Å². The van der Waals surface area contributed by atoms with Gasteiger partial charge >= 0.3 is 0 Å². The summed E-state index contributed by atoms with van der Waals surface area (Å²) in [7, 11) is 0. The van der Waals surface area contributed by atoms with E-state index in [0.29, 0.717) is 0 Å². The van der Waals surface area contributed by atoms with E-state index in [1.54, 1.807) is 38.5 Å². The van der Waals surface area contributed by atoms with Crippen LogP contribution in [0, 0.1) is 29.6 Å². The molecule has 4 aliphatic rings. The number of piperidine rings is 1. The van der Waals surface area contributed by atoms with Crippen LogP contribution in [0.25, 0.3) is 0 Å². The summed E-state index contributed by atoms with van der Waals surface area (Å²) in [6.07, 6.45) is 12.3. The van der Waals surface area contributed by atoms with E-state index >= 15 is 0 Å². The Bertz CT molecular complexity index is 223. The average molecular weight is 219 g/mol. The minimum atomic E-state index is 0.917. The summed E-state index contributed by atoms with van der Waals surface area (Å²) < 4.78 is 0. The molecule has 0 spiro atoms. The number of rotatable bonds is 0. The fourth-order valence-electron chi connectivity index (χ4n) is 5.86. The molecular formula is C15H25N. The maximum atomic E-state index is 3.84. The summed E-state index contributed by atoms with van der Waals surface area (Å²) in [5.41, 5.74) is 0. The molecule has 3 aliphatic carbocycles. The standard InChI is InChI=1S/C15H25N/c1-2-10-4-5-12-8-9-16-13-7-6-11(3-1)14(10)15(12)13/h10-16H,1-9H2. The Morgan fingerprint density at radius 2 is 1.31 bits per heavy atom. The number of nitrogens with one attached hydrogen (secondary N) is 1. The maximum absolute atomic E-state index is 3.84. The van der Waals surface area contributed by atoms with Gasteiger partial charge in [-0.05, 0) is 68.2 Å². The molecule has 6 unspecified atom stereocenters. The summed E-state index contributed by atoms with van der Waals surface area (Å²) >= 11 is 0. The van der Waals surface area contributed by atoms with Crippen molar-refractivity contribution in [3.8, 4) is 0 Å². The van der Waals surface area contributed by atoms with Crippen LogP contribution in [0.1, 0.15) is 51.4 Å². The van der Waals surface area contributed by atoms with Crippen molar-refractivity contribution in [3.63, 3.8) is 0 Å². The highest BCUT2D eigenvalue weighted by atomic mass is 14.9. The zero-order chi connectivity index (χ0) is 10.5. The average Bonchev–Trinajstić information content (AvgIpc) is 2.36. The third-order valence-corrected chi connectivity index (χ3v) is 6.37. The first kappa shape index (κ1) is 9.94. The minimum absolute atomic E-state index is 0.917. The molecule has 1 N–H and O–H groups in total. The largest absolute Gasteiger partial charge is 0.314 e. The van der Waals surface area contributed by atoms with Crippen molar-refractivity contribution in [1.82, 2.24) is 5.32 Å². The van der Waals surface area contributed by atoms with Crippen LogP contribution < -0.4 is 5.32 Å². The first-order valence-corrected chi connectivity index (χ1v) is 7.67. The topological polar surface area (TPSA) is 12.0 Å². The molecule has 1 aliphatic heterocycles. The lowest BCUT2D eigenvalue weighted by molar-refractivity contribution is -0.0572. The highest BCUT2D eigenvalue weighted by molar-refractivity contribution is 5.03. The van der Waals surface area contributed by atoms with Gasteiger partial charge in [0.1, 0.15) is 0 Å². The van der Waals surface area contributed by atoms with Crippen LogP contribution >= 0.6 is 0 Å². The van der Waals surface area contributed by atoms with Crippen LogP contribution in [0.5, 0.6) is 0 Å². The molecule has 0 radical (unpaired) electrons. The van der Waals surface area contributed by atoms with Gasteiger partial charge in [-0.25, -0.2) is 0 Å². The second kappa shape index (κ2) is 3.73. The van der Waals surface area contributed by atoms with Gasteiger partial charge in [0.25, 0.3) is 0 Å². The summed E-state index contributed by atoms with van der Waals surface area (Å²) in [5, 5.41) is 3.84. The SMILES string of the molecule is C1CC2CCC3CCNC4CCC(C1)C2C34. The first-order valence-electron chi connectivity index (χ1n) is 7.67. The summed E-state index contributed by atoms with van der Waals surface area (Å²) in [5.74, 6) is 5.59. The van der Waals surface area contributed by atoms with Crippen LogP contribution in [-0.2, 0) is 0 Å². The van der Waals surface area contributed by atoms with E-state index in [4.69, 9.17) is 0 Å². The zero-order valence-electron chi connectivity index (χ0n) is 10.3. The number of hydrogen-bond donors (Lipinski definition) is 1. The molecule has 1 saturated heterocycles. The smallest absolute Gasteiger partial charge is 0.0101 e. The molecule has 90 valence electrons. The minimum Gasteiger partial charge on any atom is -0.314 e. The van der Waals surface area contributed by atoms with E-state index in [0.717, 1.165) is 35.6 Å². The molecule has 16 heavy (non-hydrogen) atoms. The zero-order valence-corrected chi connectivity index (χ0v) is 10.3. The molecular weight excluding hydrogens is 194 g/mol. The lowest BCUT2D eigenvalue weighted by atomic mass is 9.51. The Balaban J connectivity index is 1.67. The van der Waals surface area contributed by atoms with Crippen LogP contribution in [0.15, 0.2) is 0 Å². The van der Waals surface area contributed by atoms with Crippen molar-refractivity contribution in [2.24, 2.45) is 29.6 Å². The Labute approximate surface area is 99.4 Å². The monoisotopic (exact) mass is 219 g/mol. The maximum Gasteiger partial charge on any atom is 0.0101 e. The quantitative estimate of drug-likeness (QED) is 0.660. The third kappa shape index (κ3) is 1.33. The molecule has 1 heterocycles. The molecule has 0 aromatic rings. The van der Waals surface area contributed by atoms with Crippen LogP contribution in [0.3, 0.4) is 0 Å². The van der Waals surface area contributed by atoms with Gasteiger partial charge in [-0.1, -0.05) is 19.3 Å². The molecule has 1 heteroatoms.